The van der Waals surface area contributed by atoms with Gasteiger partial charge in [-0.05, 0) is 37.3 Å². The number of benzene rings is 1. The highest BCUT2D eigenvalue weighted by Gasteiger charge is 2.33. The Hall–Kier alpha value is -1.46. The summed E-state index contributed by atoms with van der Waals surface area (Å²) in [6.07, 6.45) is 3.64. The largest absolute Gasteiger partial charge is 0.391 e. The van der Waals surface area contributed by atoms with Crippen LogP contribution >= 0.6 is 0 Å². The predicted molar refractivity (Wildman–Crippen MR) is 86.5 cm³/mol. The molecule has 1 aliphatic heterocycles. The Morgan fingerprint density at radius 1 is 1.17 bits per heavy atom. The third kappa shape index (κ3) is 3.90. The van der Waals surface area contributed by atoms with Crippen LogP contribution in [-0.2, 0) is 11.2 Å². The first-order valence-electron chi connectivity index (χ1n) is 8.58. The lowest BCUT2D eigenvalue weighted by atomic mass is 10.1. The summed E-state index contributed by atoms with van der Waals surface area (Å²) < 4.78 is 13.6. The number of piperazine rings is 1. The molecule has 1 amide bonds. The second-order valence-electron chi connectivity index (χ2n) is 6.57. The average Bonchev–Trinajstić information content (AvgIpc) is 3.00. The number of halogens is 1. The molecule has 1 aromatic rings. The molecule has 0 bridgehead atoms. The normalized spacial score (nSPS) is 25.7. The first-order chi connectivity index (χ1) is 11.1. The second-order valence-corrected chi connectivity index (χ2v) is 6.57. The minimum atomic E-state index is -0.236. The molecule has 0 aromatic heterocycles. The number of carbonyl (C=O) groups is 1. The zero-order valence-electron chi connectivity index (χ0n) is 13.5. The van der Waals surface area contributed by atoms with Crippen LogP contribution in [0.3, 0.4) is 0 Å². The topological polar surface area (TPSA) is 43.8 Å². The van der Waals surface area contributed by atoms with Crippen LogP contribution in [0.4, 0.5) is 4.39 Å². The van der Waals surface area contributed by atoms with Crippen molar-refractivity contribution >= 4 is 5.91 Å². The first kappa shape index (κ1) is 16.4. The van der Waals surface area contributed by atoms with Gasteiger partial charge in [0.25, 0.3) is 0 Å². The summed E-state index contributed by atoms with van der Waals surface area (Å²) >= 11 is 0. The Kier molecular flexibility index (Phi) is 5.28. The molecule has 2 unspecified atom stereocenters. The highest BCUT2D eigenvalue weighted by molar-refractivity contribution is 5.76. The summed E-state index contributed by atoms with van der Waals surface area (Å²) in [4.78, 5) is 16.5. The standard InChI is InChI=1S/C18H25FN2O2/c19-15-5-2-1-4-14(15)8-9-18(23)21-12-10-20(11-13-21)16-6-3-7-17(16)22/h1-2,4-5,16-17,22H,3,6-13H2. The lowest BCUT2D eigenvalue weighted by molar-refractivity contribution is -0.133. The summed E-state index contributed by atoms with van der Waals surface area (Å²) in [5.74, 6) is -0.139. The Morgan fingerprint density at radius 2 is 1.91 bits per heavy atom. The highest BCUT2D eigenvalue weighted by atomic mass is 19.1. The molecule has 2 fully saturated rings. The summed E-state index contributed by atoms with van der Waals surface area (Å²) in [5, 5.41) is 9.99. The number of amides is 1. The van der Waals surface area contributed by atoms with Gasteiger partial charge < -0.3 is 10.0 Å². The van der Waals surface area contributed by atoms with E-state index >= 15 is 0 Å². The Bertz CT molecular complexity index is 544. The molecule has 1 N–H and O–H groups in total. The van der Waals surface area contributed by atoms with Crippen molar-refractivity contribution in [3.05, 3.63) is 35.6 Å². The van der Waals surface area contributed by atoms with Gasteiger partial charge in [0.15, 0.2) is 0 Å². The number of rotatable bonds is 4. The smallest absolute Gasteiger partial charge is 0.222 e. The van der Waals surface area contributed by atoms with Crippen LogP contribution in [0.5, 0.6) is 0 Å². The van der Waals surface area contributed by atoms with E-state index in [0.717, 1.165) is 32.4 Å². The van der Waals surface area contributed by atoms with Crippen LogP contribution in [0.2, 0.25) is 0 Å². The Morgan fingerprint density at radius 3 is 2.57 bits per heavy atom. The number of hydrogen-bond donors (Lipinski definition) is 1. The fraction of sp³-hybridized carbons (Fsp3) is 0.611. The maximum Gasteiger partial charge on any atom is 0.222 e. The van der Waals surface area contributed by atoms with Crippen molar-refractivity contribution in [2.24, 2.45) is 0 Å². The second kappa shape index (κ2) is 7.41. The first-order valence-corrected chi connectivity index (χ1v) is 8.58. The van der Waals surface area contributed by atoms with E-state index in [1.165, 1.54) is 6.07 Å². The summed E-state index contributed by atoms with van der Waals surface area (Å²) in [5.41, 5.74) is 0.605. The molecule has 0 spiro atoms. The van der Waals surface area contributed by atoms with Crippen LogP contribution in [0, 0.1) is 5.82 Å². The molecular weight excluding hydrogens is 295 g/mol. The van der Waals surface area contributed by atoms with E-state index in [4.69, 9.17) is 0 Å². The van der Waals surface area contributed by atoms with Gasteiger partial charge in [0.05, 0.1) is 6.10 Å². The maximum atomic E-state index is 13.6. The van der Waals surface area contributed by atoms with E-state index in [1.54, 1.807) is 18.2 Å². The predicted octanol–water partition coefficient (Wildman–Crippen LogP) is 1.82. The zero-order valence-corrected chi connectivity index (χ0v) is 13.5. The minimum Gasteiger partial charge on any atom is -0.391 e. The van der Waals surface area contributed by atoms with Gasteiger partial charge in [-0.25, -0.2) is 4.39 Å². The van der Waals surface area contributed by atoms with E-state index in [-0.39, 0.29) is 23.9 Å². The lowest BCUT2D eigenvalue weighted by Gasteiger charge is -2.39. The van der Waals surface area contributed by atoms with Gasteiger partial charge in [-0.3, -0.25) is 9.69 Å². The Balaban J connectivity index is 1.46. The molecule has 126 valence electrons. The monoisotopic (exact) mass is 320 g/mol. The number of aliphatic hydroxyl groups excluding tert-OH is 1. The van der Waals surface area contributed by atoms with Crippen molar-refractivity contribution < 1.29 is 14.3 Å². The van der Waals surface area contributed by atoms with E-state index in [0.29, 0.717) is 31.5 Å². The number of aliphatic hydroxyl groups is 1. The summed E-state index contributed by atoms with van der Waals surface area (Å²) in [6.45, 7) is 3.07. The van der Waals surface area contributed by atoms with Crippen LogP contribution in [0.1, 0.15) is 31.2 Å². The molecule has 2 aliphatic rings. The zero-order chi connectivity index (χ0) is 16.2. The molecule has 1 heterocycles. The van der Waals surface area contributed by atoms with Gasteiger partial charge in [-0.15, -0.1) is 0 Å². The highest BCUT2D eigenvalue weighted by Crippen LogP contribution is 2.25. The molecule has 4 nitrogen and oxygen atoms in total. The van der Waals surface area contributed by atoms with Gasteiger partial charge >= 0.3 is 0 Å². The van der Waals surface area contributed by atoms with Crippen molar-refractivity contribution in [1.82, 2.24) is 9.80 Å². The summed E-state index contributed by atoms with van der Waals surface area (Å²) in [7, 11) is 0. The number of carbonyl (C=O) groups excluding carboxylic acids is 1. The molecule has 1 aliphatic carbocycles. The average molecular weight is 320 g/mol. The van der Waals surface area contributed by atoms with E-state index in [2.05, 4.69) is 4.90 Å². The fourth-order valence-electron chi connectivity index (χ4n) is 3.75. The minimum absolute atomic E-state index is 0.0971. The number of aryl methyl sites for hydroxylation is 1. The van der Waals surface area contributed by atoms with Gasteiger partial charge in [0.2, 0.25) is 5.91 Å². The molecule has 1 saturated heterocycles. The van der Waals surface area contributed by atoms with Crippen molar-refractivity contribution in [2.75, 3.05) is 26.2 Å². The number of nitrogens with zero attached hydrogens (tertiary/aromatic N) is 2. The van der Waals surface area contributed by atoms with Crippen LogP contribution < -0.4 is 0 Å². The molecule has 3 rings (SSSR count). The van der Waals surface area contributed by atoms with Crippen molar-refractivity contribution in [3.8, 4) is 0 Å². The number of hydrogen-bond acceptors (Lipinski definition) is 3. The van der Waals surface area contributed by atoms with Crippen LogP contribution in [-0.4, -0.2) is 59.1 Å². The van der Waals surface area contributed by atoms with Crippen LogP contribution in [0.15, 0.2) is 24.3 Å². The third-order valence-corrected chi connectivity index (χ3v) is 5.15. The van der Waals surface area contributed by atoms with Gasteiger partial charge in [-0.1, -0.05) is 18.2 Å². The fourth-order valence-corrected chi connectivity index (χ4v) is 3.75. The maximum absolute atomic E-state index is 13.6. The quantitative estimate of drug-likeness (QED) is 0.920. The summed E-state index contributed by atoms with van der Waals surface area (Å²) in [6, 6.07) is 6.91. The molecular formula is C18H25FN2O2. The van der Waals surface area contributed by atoms with E-state index < -0.39 is 0 Å². The molecule has 5 heteroatoms. The van der Waals surface area contributed by atoms with Crippen molar-refractivity contribution in [3.63, 3.8) is 0 Å². The molecule has 1 aromatic carbocycles. The lowest BCUT2D eigenvalue weighted by Crippen LogP contribution is -2.53. The van der Waals surface area contributed by atoms with Crippen LogP contribution in [0.25, 0.3) is 0 Å². The SMILES string of the molecule is O=C(CCc1ccccc1F)N1CCN(C2CCCC2O)CC1. The molecule has 23 heavy (non-hydrogen) atoms. The molecule has 0 radical (unpaired) electrons. The third-order valence-electron chi connectivity index (χ3n) is 5.15. The van der Waals surface area contributed by atoms with Gasteiger partial charge in [0.1, 0.15) is 5.82 Å². The van der Waals surface area contributed by atoms with E-state index in [9.17, 15) is 14.3 Å². The molecule has 1 saturated carbocycles. The van der Waals surface area contributed by atoms with Gasteiger partial charge in [-0.2, -0.15) is 0 Å². The van der Waals surface area contributed by atoms with Gasteiger partial charge in [0, 0.05) is 38.6 Å². The van der Waals surface area contributed by atoms with Crippen molar-refractivity contribution in [2.45, 2.75) is 44.2 Å². The Labute approximate surface area is 136 Å². The molecule has 2 atom stereocenters. The van der Waals surface area contributed by atoms with E-state index in [1.807, 2.05) is 4.90 Å². The van der Waals surface area contributed by atoms with Crippen molar-refractivity contribution in [1.29, 1.82) is 0 Å².